The zero-order valence-electron chi connectivity index (χ0n) is 16.5. The Kier molecular flexibility index (Phi) is 6.08. The second kappa shape index (κ2) is 9.08. The lowest BCUT2D eigenvalue weighted by atomic mass is 9.87. The SMILES string of the molecule is Cn1nnnc1SCC(=O)Nc1ccc(C(=O)NC2CCCc3ccccc32)cc1. The second-order valence-corrected chi connectivity index (χ2v) is 8.06. The summed E-state index contributed by atoms with van der Waals surface area (Å²) in [5, 5.41) is 17.6. The first-order chi connectivity index (χ1) is 14.6. The van der Waals surface area contributed by atoms with Gasteiger partial charge in [-0.3, -0.25) is 9.59 Å². The Bertz CT molecular complexity index is 1050. The molecule has 8 nitrogen and oxygen atoms in total. The van der Waals surface area contributed by atoms with Gasteiger partial charge >= 0.3 is 0 Å². The Balaban J connectivity index is 1.32. The van der Waals surface area contributed by atoms with Crippen LogP contribution in [0, 0.1) is 0 Å². The van der Waals surface area contributed by atoms with Crippen LogP contribution in [0.1, 0.15) is 40.4 Å². The Morgan fingerprint density at radius 3 is 2.73 bits per heavy atom. The van der Waals surface area contributed by atoms with Crippen LogP contribution in [0.3, 0.4) is 0 Å². The monoisotopic (exact) mass is 422 g/mol. The summed E-state index contributed by atoms with van der Waals surface area (Å²) in [6.07, 6.45) is 3.06. The molecule has 30 heavy (non-hydrogen) atoms. The molecule has 0 aliphatic heterocycles. The van der Waals surface area contributed by atoms with Gasteiger partial charge in [0.2, 0.25) is 11.1 Å². The predicted octanol–water partition coefficient (Wildman–Crippen LogP) is 2.75. The molecule has 2 amide bonds. The molecule has 0 saturated heterocycles. The summed E-state index contributed by atoms with van der Waals surface area (Å²) in [7, 11) is 1.72. The number of fused-ring (bicyclic) bond motifs is 1. The van der Waals surface area contributed by atoms with Gasteiger partial charge in [0.05, 0.1) is 11.8 Å². The summed E-state index contributed by atoms with van der Waals surface area (Å²) in [6.45, 7) is 0. The van der Waals surface area contributed by atoms with Crippen LogP contribution in [-0.2, 0) is 18.3 Å². The van der Waals surface area contributed by atoms with Crippen molar-refractivity contribution >= 4 is 29.3 Å². The van der Waals surface area contributed by atoms with Gasteiger partial charge in [-0.05, 0) is 65.1 Å². The van der Waals surface area contributed by atoms with E-state index < -0.39 is 0 Å². The van der Waals surface area contributed by atoms with Gasteiger partial charge in [-0.2, -0.15) is 0 Å². The molecule has 0 bridgehead atoms. The van der Waals surface area contributed by atoms with Crippen molar-refractivity contribution in [1.82, 2.24) is 25.5 Å². The first kappa shape index (κ1) is 20.1. The molecule has 154 valence electrons. The minimum absolute atomic E-state index is 0.0361. The quantitative estimate of drug-likeness (QED) is 0.592. The summed E-state index contributed by atoms with van der Waals surface area (Å²) in [5.41, 5.74) is 3.71. The van der Waals surface area contributed by atoms with E-state index in [1.807, 2.05) is 12.1 Å². The number of nitrogens with one attached hydrogen (secondary N) is 2. The lowest BCUT2D eigenvalue weighted by Gasteiger charge is -2.26. The summed E-state index contributed by atoms with van der Waals surface area (Å²) in [4.78, 5) is 24.8. The first-order valence-electron chi connectivity index (χ1n) is 9.74. The lowest BCUT2D eigenvalue weighted by Crippen LogP contribution is -2.30. The van der Waals surface area contributed by atoms with Crippen molar-refractivity contribution in [1.29, 1.82) is 0 Å². The van der Waals surface area contributed by atoms with E-state index in [0.717, 1.165) is 19.3 Å². The molecule has 0 spiro atoms. The first-order valence-corrected chi connectivity index (χ1v) is 10.7. The minimum atomic E-state index is -0.168. The van der Waals surface area contributed by atoms with E-state index in [4.69, 9.17) is 0 Å². The standard InChI is InChI=1S/C21H22N6O2S/c1-27-21(24-25-26-27)30-13-19(28)22-16-11-9-15(10-12-16)20(29)23-18-8-4-6-14-5-2-3-7-17(14)18/h2-3,5,7,9-12,18H,4,6,8,13H2,1H3,(H,22,28)(H,23,29). The van der Waals surface area contributed by atoms with Gasteiger partial charge in [0.25, 0.3) is 5.91 Å². The van der Waals surface area contributed by atoms with Crippen molar-refractivity contribution in [2.75, 3.05) is 11.1 Å². The van der Waals surface area contributed by atoms with E-state index >= 15 is 0 Å². The molecule has 1 atom stereocenters. The molecule has 1 aromatic heterocycles. The number of tetrazole rings is 1. The highest BCUT2D eigenvalue weighted by atomic mass is 32.2. The Morgan fingerprint density at radius 1 is 1.17 bits per heavy atom. The van der Waals surface area contributed by atoms with Crippen LogP contribution in [0.15, 0.2) is 53.7 Å². The maximum Gasteiger partial charge on any atom is 0.251 e. The maximum atomic E-state index is 12.7. The predicted molar refractivity (Wildman–Crippen MR) is 114 cm³/mol. The van der Waals surface area contributed by atoms with Gasteiger partial charge in [-0.1, -0.05) is 36.0 Å². The highest BCUT2D eigenvalue weighted by Crippen LogP contribution is 2.29. The molecule has 9 heteroatoms. The largest absolute Gasteiger partial charge is 0.345 e. The average Bonchev–Trinajstić information content (AvgIpc) is 3.18. The van der Waals surface area contributed by atoms with Crippen molar-refractivity contribution in [2.24, 2.45) is 7.05 Å². The van der Waals surface area contributed by atoms with Gasteiger partial charge in [0.15, 0.2) is 0 Å². The molecule has 1 aliphatic carbocycles. The van der Waals surface area contributed by atoms with Crippen LogP contribution in [-0.4, -0.2) is 37.8 Å². The third-order valence-corrected chi connectivity index (χ3v) is 6.03. The molecular weight excluding hydrogens is 400 g/mol. The average molecular weight is 423 g/mol. The third kappa shape index (κ3) is 4.68. The number of hydrogen-bond acceptors (Lipinski definition) is 6. The molecule has 2 aromatic carbocycles. The van der Waals surface area contributed by atoms with Gasteiger partial charge in [0.1, 0.15) is 0 Å². The molecule has 1 heterocycles. The number of thioether (sulfide) groups is 1. The molecule has 0 radical (unpaired) electrons. The third-order valence-electron chi connectivity index (χ3n) is 5.02. The van der Waals surface area contributed by atoms with Crippen LogP contribution in [0.5, 0.6) is 0 Å². The fraction of sp³-hybridized carbons (Fsp3) is 0.286. The van der Waals surface area contributed by atoms with Gasteiger partial charge < -0.3 is 10.6 Å². The lowest BCUT2D eigenvalue weighted by molar-refractivity contribution is -0.113. The molecular formula is C21H22N6O2S. The normalized spacial score (nSPS) is 15.3. The van der Waals surface area contributed by atoms with Crippen LogP contribution in [0.2, 0.25) is 0 Å². The van der Waals surface area contributed by atoms with Gasteiger partial charge in [-0.15, -0.1) is 5.10 Å². The second-order valence-electron chi connectivity index (χ2n) is 7.12. The Hall–Kier alpha value is -3.20. The molecule has 0 fully saturated rings. The van der Waals surface area contributed by atoms with E-state index in [1.54, 1.807) is 31.3 Å². The number of aryl methyl sites for hydroxylation is 2. The van der Waals surface area contributed by atoms with Crippen molar-refractivity contribution in [2.45, 2.75) is 30.5 Å². The van der Waals surface area contributed by atoms with Crippen molar-refractivity contribution < 1.29 is 9.59 Å². The fourth-order valence-electron chi connectivity index (χ4n) is 3.52. The van der Waals surface area contributed by atoms with E-state index in [1.165, 1.54) is 27.6 Å². The van der Waals surface area contributed by atoms with E-state index in [2.05, 4.69) is 38.3 Å². The van der Waals surface area contributed by atoms with Crippen molar-refractivity contribution in [3.63, 3.8) is 0 Å². The van der Waals surface area contributed by atoms with Crippen LogP contribution >= 0.6 is 11.8 Å². The molecule has 4 rings (SSSR count). The number of carbonyl (C=O) groups is 2. The number of hydrogen-bond donors (Lipinski definition) is 2. The number of amides is 2. The maximum absolute atomic E-state index is 12.7. The molecule has 3 aromatic rings. The summed E-state index contributed by atoms with van der Waals surface area (Å²) in [6, 6.07) is 15.2. The fourth-order valence-corrected chi connectivity index (χ4v) is 4.17. The van der Waals surface area contributed by atoms with E-state index in [-0.39, 0.29) is 23.6 Å². The summed E-state index contributed by atoms with van der Waals surface area (Å²) in [5.74, 6) is -0.0868. The number of carbonyl (C=O) groups excluding carboxylic acids is 2. The highest BCUT2D eigenvalue weighted by Gasteiger charge is 2.21. The zero-order chi connectivity index (χ0) is 20.9. The number of rotatable bonds is 6. The summed E-state index contributed by atoms with van der Waals surface area (Å²) >= 11 is 1.25. The smallest absolute Gasteiger partial charge is 0.251 e. The number of anilines is 1. The highest BCUT2D eigenvalue weighted by molar-refractivity contribution is 7.99. The van der Waals surface area contributed by atoms with E-state index in [0.29, 0.717) is 16.4 Å². The zero-order valence-corrected chi connectivity index (χ0v) is 17.4. The van der Waals surface area contributed by atoms with Gasteiger partial charge in [0, 0.05) is 18.3 Å². The van der Waals surface area contributed by atoms with Crippen molar-refractivity contribution in [3.8, 4) is 0 Å². The topological polar surface area (TPSA) is 102 Å². The molecule has 2 N–H and O–H groups in total. The van der Waals surface area contributed by atoms with Gasteiger partial charge in [-0.25, -0.2) is 4.68 Å². The van der Waals surface area contributed by atoms with E-state index in [9.17, 15) is 9.59 Å². The van der Waals surface area contributed by atoms with Crippen molar-refractivity contribution in [3.05, 3.63) is 65.2 Å². The number of nitrogens with zero attached hydrogens (tertiary/aromatic N) is 4. The molecule has 0 saturated carbocycles. The summed E-state index contributed by atoms with van der Waals surface area (Å²) < 4.78 is 1.51. The Labute approximate surface area is 178 Å². The minimum Gasteiger partial charge on any atom is -0.345 e. The number of aromatic nitrogens is 4. The Morgan fingerprint density at radius 2 is 1.97 bits per heavy atom. The number of benzene rings is 2. The molecule has 1 unspecified atom stereocenters. The van der Waals surface area contributed by atoms with Crippen LogP contribution < -0.4 is 10.6 Å². The molecule has 1 aliphatic rings. The van der Waals surface area contributed by atoms with Crippen LogP contribution in [0.25, 0.3) is 0 Å². The van der Waals surface area contributed by atoms with Crippen LogP contribution in [0.4, 0.5) is 5.69 Å².